The topological polar surface area (TPSA) is 111 Å². The molecule has 1 amide bonds. The molecule has 0 aromatic heterocycles. The minimum atomic E-state index is -6.72. The predicted octanol–water partition coefficient (Wildman–Crippen LogP) is 3.39. The van der Waals surface area contributed by atoms with Crippen molar-refractivity contribution in [3.63, 3.8) is 0 Å². The van der Waals surface area contributed by atoms with Gasteiger partial charge in [0, 0.05) is 18.5 Å². The van der Waals surface area contributed by atoms with Gasteiger partial charge in [0.15, 0.2) is 20.0 Å². The Morgan fingerprint density at radius 2 is 1.28 bits per heavy atom. The lowest BCUT2D eigenvalue weighted by atomic mass is 10.2. The number of hydrogen-bond donors (Lipinski definition) is 1. The molecule has 0 saturated heterocycles. The van der Waals surface area contributed by atoms with Crippen molar-refractivity contribution in [2.75, 3.05) is 33.2 Å². The fourth-order valence-corrected chi connectivity index (χ4v) is 4.15. The van der Waals surface area contributed by atoms with E-state index in [9.17, 15) is 48.0 Å². The molecule has 0 unspecified atom stereocenters. The van der Waals surface area contributed by atoms with Gasteiger partial charge in [-0.25, -0.2) is 16.8 Å². The van der Waals surface area contributed by atoms with Crippen LogP contribution in [0.3, 0.4) is 0 Å². The van der Waals surface area contributed by atoms with E-state index in [1.165, 1.54) is 25.9 Å². The number of carbonyl (C=O) groups excluding carboxylic acids is 1. The summed E-state index contributed by atoms with van der Waals surface area (Å²) >= 11 is 0. The number of nitrogens with zero attached hydrogens (tertiary/aromatic N) is 2. The van der Waals surface area contributed by atoms with Crippen LogP contribution in [0.25, 0.3) is 4.13 Å². The number of hydrogen-bond acceptors (Lipinski definition) is 5. The number of quaternary nitrogens is 1. The van der Waals surface area contributed by atoms with Gasteiger partial charge in [-0.1, -0.05) is 20.4 Å². The molecule has 0 aromatic carbocycles. The molecule has 0 saturated carbocycles. The van der Waals surface area contributed by atoms with E-state index in [4.69, 9.17) is 0 Å². The van der Waals surface area contributed by atoms with E-state index >= 15 is 0 Å². The van der Waals surface area contributed by atoms with Crippen molar-refractivity contribution < 1.29 is 52.5 Å². The van der Waals surface area contributed by atoms with Gasteiger partial charge in [0.05, 0.1) is 26.7 Å². The van der Waals surface area contributed by atoms with E-state index in [1.807, 2.05) is 0 Å². The molecule has 32 heavy (non-hydrogen) atoms. The van der Waals surface area contributed by atoms with E-state index in [0.29, 0.717) is 5.57 Å². The second kappa shape index (κ2) is 12.7. The maximum absolute atomic E-state index is 11.4. The zero-order valence-electron chi connectivity index (χ0n) is 18.2. The third-order valence-corrected chi connectivity index (χ3v) is 6.60. The van der Waals surface area contributed by atoms with E-state index in [1.54, 1.807) is 6.92 Å². The number of nitrogens with one attached hydrogen (secondary N) is 1. The van der Waals surface area contributed by atoms with Gasteiger partial charge >= 0.3 is 11.0 Å². The molecule has 0 radical (unpaired) electrons. The third kappa shape index (κ3) is 12.0. The number of rotatable bonds is 11. The Morgan fingerprint density at radius 1 is 0.906 bits per heavy atom. The van der Waals surface area contributed by atoms with Crippen molar-refractivity contribution in [1.82, 2.24) is 5.32 Å². The number of sulfonamides is 2. The molecule has 0 aliphatic rings. The summed E-state index contributed by atoms with van der Waals surface area (Å²) in [6.07, 6.45) is 3.47. The lowest BCUT2D eigenvalue weighted by molar-refractivity contribution is -0.909. The minimum Gasteiger partial charge on any atom is -0.421 e. The maximum atomic E-state index is 11.4. The molecule has 0 spiro atoms. The monoisotopic (exact) mass is 521 g/mol. The molecule has 1 N–H and O–H groups in total. The highest BCUT2D eigenvalue weighted by Gasteiger charge is 2.46. The highest BCUT2D eigenvalue weighted by molar-refractivity contribution is 8.13. The van der Waals surface area contributed by atoms with E-state index in [2.05, 4.69) is 32.8 Å². The summed E-state index contributed by atoms with van der Waals surface area (Å²) in [6, 6.07) is 0. The van der Waals surface area contributed by atoms with Crippen LogP contribution in [0.1, 0.15) is 40.0 Å². The average molecular weight is 522 g/mol. The van der Waals surface area contributed by atoms with E-state index in [-0.39, 0.29) is 5.91 Å². The number of halogens is 6. The molecule has 0 aliphatic heterocycles. The van der Waals surface area contributed by atoms with Crippen LogP contribution in [-0.4, -0.2) is 71.5 Å². The zero-order chi connectivity index (χ0) is 26.0. The molecule has 0 fully saturated rings. The van der Waals surface area contributed by atoms with Crippen LogP contribution >= 0.6 is 0 Å². The summed E-state index contributed by atoms with van der Waals surface area (Å²) in [4.78, 5) is 11.3. The Morgan fingerprint density at radius 3 is 1.56 bits per heavy atom. The van der Waals surface area contributed by atoms with Gasteiger partial charge in [0.25, 0.3) is 0 Å². The fraction of sp³-hybridized carbons (Fsp3) is 0.812. The summed E-state index contributed by atoms with van der Waals surface area (Å²) in [7, 11) is -11.1. The third-order valence-electron chi connectivity index (χ3n) is 3.86. The van der Waals surface area contributed by atoms with Gasteiger partial charge in [-0.05, 0) is 19.8 Å². The number of carbonyl (C=O) groups is 1. The van der Waals surface area contributed by atoms with Crippen LogP contribution in [0, 0.1) is 0 Å². The lowest BCUT2D eigenvalue weighted by Gasteiger charge is -2.34. The molecular weight excluding hydrogens is 492 g/mol. The first-order valence-electron chi connectivity index (χ1n) is 9.30. The van der Waals surface area contributed by atoms with Crippen molar-refractivity contribution in [2.45, 2.75) is 51.1 Å². The van der Waals surface area contributed by atoms with Crippen LogP contribution < -0.4 is 5.32 Å². The summed E-state index contributed by atoms with van der Waals surface area (Å²) < 4.78 is 110. The Hall–Kier alpha value is -1.39. The summed E-state index contributed by atoms with van der Waals surface area (Å²) in [5.41, 5.74) is -11.8. The molecule has 0 rings (SSSR count). The SMILES string of the molecule is C=C(C)C(=O)NCCC[N+](C)(CCC)CCC.O=S(=O)([N-]S(=O)(=O)C(F)(F)F)C(F)(F)F. The van der Waals surface area contributed by atoms with Crippen LogP contribution in [0.2, 0.25) is 0 Å². The lowest BCUT2D eigenvalue weighted by Crippen LogP contribution is -2.46. The first-order valence-corrected chi connectivity index (χ1v) is 12.2. The number of amides is 1. The maximum Gasteiger partial charge on any atom is 0.480 e. The highest BCUT2D eigenvalue weighted by Crippen LogP contribution is 2.36. The molecular formula is C16H29F6N3O5S2. The first kappa shape index (κ1) is 32.8. The van der Waals surface area contributed by atoms with Gasteiger partial charge in [-0.15, -0.1) is 0 Å². The highest BCUT2D eigenvalue weighted by atomic mass is 32.3. The van der Waals surface area contributed by atoms with Crippen molar-refractivity contribution in [3.8, 4) is 0 Å². The fourth-order valence-electron chi connectivity index (χ4n) is 2.44. The Bertz CT molecular complexity index is 776. The van der Waals surface area contributed by atoms with Gasteiger partial charge in [0.2, 0.25) is 5.91 Å². The smallest absolute Gasteiger partial charge is 0.421 e. The quantitative estimate of drug-likeness (QED) is 0.194. The Balaban J connectivity index is 0. The van der Waals surface area contributed by atoms with E-state index < -0.39 is 31.1 Å². The van der Waals surface area contributed by atoms with Crippen LogP contribution in [-0.2, 0) is 24.8 Å². The average Bonchev–Trinajstić information content (AvgIpc) is 2.56. The molecule has 16 heteroatoms. The molecule has 0 aliphatic carbocycles. The van der Waals surface area contributed by atoms with Crippen molar-refractivity contribution >= 4 is 26.0 Å². The molecule has 0 atom stereocenters. The predicted molar refractivity (Wildman–Crippen MR) is 107 cm³/mol. The van der Waals surface area contributed by atoms with Gasteiger partial charge in [-0.3, -0.25) is 4.79 Å². The van der Waals surface area contributed by atoms with Crippen molar-refractivity contribution in [1.29, 1.82) is 0 Å². The van der Waals surface area contributed by atoms with Gasteiger partial charge < -0.3 is 13.9 Å². The molecule has 0 heterocycles. The van der Waals surface area contributed by atoms with Gasteiger partial charge in [-0.2, -0.15) is 26.3 Å². The van der Waals surface area contributed by atoms with Gasteiger partial charge in [0.1, 0.15) is 0 Å². The van der Waals surface area contributed by atoms with Crippen molar-refractivity contribution in [2.24, 2.45) is 0 Å². The second-order valence-electron chi connectivity index (χ2n) is 7.10. The molecule has 8 nitrogen and oxygen atoms in total. The van der Waals surface area contributed by atoms with Crippen LogP contribution in [0.5, 0.6) is 0 Å². The molecule has 0 aromatic rings. The summed E-state index contributed by atoms with van der Waals surface area (Å²) in [5, 5.41) is 2.89. The normalized spacial score (nSPS) is 13.2. The zero-order valence-corrected chi connectivity index (χ0v) is 19.8. The largest absolute Gasteiger partial charge is 0.480 e. The van der Waals surface area contributed by atoms with Crippen molar-refractivity contribution in [3.05, 3.63) is 16.3 Å². The summed E-state index contributed by atoms with van der Waals surface area (Å²) in [6.45, 7) is 14.2. The Kier molecular flexibility index (Phi) is 13.1. The standard InChI is InChI=1S/C14H28N2O.C2F6NO4S2/c1-6-10-16(5,11-7-2)12-8-9-15-14(17)13(3)4;3-1(4,5)14(10,11)9-15(12,13)2(6,7)8/h3,6-12H2,1-2,4-5H3;/q;-1/p+1. The minimum absolute atomic E-state index is 0.0230. The molecule has 192 valence electrons. The Labute approximate surface area is 184 Å². The second-order valence-corrected chi connectivity index (χ2v) is 10.5. The first-order chi connectivity index (χ1) is 14.2. The summed E-state index contributed by atoms with van der Waals surface area (Å²) in [5.74, 6) is -0.0230. The number of alkyl halides is 6. The van der Waals surface area contributed by atoms with E-state index in [0.717, 1.165) is 28.1 Å². The van der Waals surface area contributed by atoms with Crippen LogP contribution in [0.15, 0.2) is 12.2 Å². The molecule has 0 bridgehead atoms. The van der Waals surface area contributed by atoms with Crippen LogP contribution in [0.4, 0.5) is 26.3 Å².